The number of fused-ring (bicyclic) bond motifs is 2. The monoisotopic (exact) mass is 263 g/mol. The van der Waals surface area contributed by atoms with Crippen molar-refractivity contribution in [2.45, 2.75) is 0 Å². The first kappa shape index (κ1) is 11.9. The van der Waals surface area contributed by atoms with Gasteiger partial charge in [-0.05, 0) is 35.0 Å². The van der Waals surface area contributed by atoms with Crippen LogP contribution in [0.25, 0.3) is 21.0 Å². The number of hydrogen-bond acceptors (Lipinski definition) is 2. The number of para-hydroxylation sites is 1. The molecular weight excluding hydrogens is 250 g/mol. The molecule has 2 heteroatoms. The van der Waals surface area contributed by atoms with Crippen LogP contribution in [0.3, 0.4) is 0 Å². The van der Waals surface area contributed by atoms with Crippen molar-refractivity contribution in [1.82, 2.24) is 4.98 Å². The second-order valence-corrected chi connectivity index (χ2v) is 5.10. The van der Waals surface area contributed by atoms with E-state index in [1.54, 1.807) is 11.3 Å². The van der Waals surface area contributed by atoms with Gasteiger partial charge in [0.25, 0.3) is 0 Å². The number of benzene rings is 2. The smallest absolute Gasteiger partial charge is 0.0701 e. The molecular formula is C17H13NS. The predicted octanol–water partition coefficient (Wildman–Crippen LogP) is 5.14. The fraction of sp³-hybridized carbons (Fsp3) is 0. The van der Waals surface area contributed by atoms with Crippen molar-refractivity contribution in [2.75, 3.05) is 0 Å². The second kappa shape index (κ2) is 5.63. The summed E-state index contributed by atoms with van der Waals surface area (Å²) in [6.07, 6.45) is 1.81. The third-order valence-electron chi connectivity index (χ3n) is 2.87. The van der Waals surface area contributed by atoms with Gasteiger partial charge in [-0.15, -0.1) is 11.3 Å². The zero-order valence-corrected chi connectivity index (χ0v) is 11.2. The van der Waals surface area contributed by atoms with Gasteiger partial charge >= 0.3 is 0 Å². The van der Waals surface area contributed by atoms with E-state index in [2.05, 4.69) is 52.8 Å². The molecule has 0 aliphatic heterocycles. The van der Waals surface area contributed by atoms with E-state index < -0.39 is 0 Å². The third-order valence-corrected chi connectivity index (χ3v) is 3.77. The van der Waals surface area contributed by atoms with E-state index in [0.717, 1.165) is 5.52 Å². The molecule has 2 heterocycles. The Balaban J connectivity index is 0.000000117. The summed E-state index contributed by atoms with van der Waals surface area (Å²) in [5.41, 5.74) is 1.06. The van der Waals surface area contributed by atoms with Crippen LogP contribution >= 0.6 is 11.3 Å². The topological polar surface area (TPSA) is 12.9 Å². The van der Waals surface area contributed by atoms with Gasteiger partial charge in [-0.2, -0.15) is 0 Å². The average Bonchev–Trinajstić information content (AvgIpc) is 2.96. The summed E-state index contributed by atoms with van der Waals surface area (Å²) in [7, 11) is 0. The molecule has 0 N–H and O–H groups in total. The van der Waals surface area contributed by atoms with Gasteiger partial charge in [-0.25, -0.2) is 0 Å². The van der Waals surface area contributed by atoms with Gasteiger partial charge < -0.3 is 0 Å². The molecule has 0 atom stereocenters. The van der Waals surface area contributed by atoms with Crippen molar-refractivity contribution in [2.24, 2.45) is 0 Å². The highest BCUT2D eigenvalue weighted by Gasteiger charge is 1.88. The third kappa shape index (κ3) is 2.80. The molecule has 0 unspecified atom stereocenters. The molecule has 0 aliphatic carbocycles. The maximum Gasteiger partial charge on any atom is 0.0701 e. The first-order chi connectivity index (χ1) is 9.43. The number of hydrogen-bond donors (Lipinski definition) is 0. The molecule has 0 bridgehead atoms. The van der Waals surface area contributed by atoms with Gasteiger partial charge in [-0.1, -0.05) is 42.5 Å². The van der Waals surface area contributed by atoms with E-state index in [9.17, 15) is 0 Å². The van der Waals surface area contributed by atoms with Crippen LogP contribution in [0, 0.1) is 0 Å². The van der Waals surface area contributed by atoms with Gasteiger partial charge in [0.05, 0.1) is 5.52 Å². The lowest BCUT2D eigenvalue weighted by atomic mass is 10.2. The van der Waals surface area contributed by atoms with Crippen LogP contribution in [-0.4, -0.2) is 4.98 Å². The zero-order valence-electron chi connectivity index (χ0n) is 10.4. The van der Waals surface area contributed by atoms with Crippen molar-refractivity contribution in [1.29, 1.82) is 0 Å². The quantitative estimate of drug-likeness (QED) is 0.428. The lowest BCUT2D eigenvalue weighted by Crippen LogP contribution is -1.73. The Morgan fingerprint density at radius 1 is 0.684 bits per heavy atom. The summed E-state index contributed by atoms with van der Waals surface area (Å²) >= 11 is 1.79. The first-order valence-electron chi connectivity index (χ1n) is 6.15. The summed E-state index contributed by atoms with van der Waals surface area (Å²) in [6.45, 7) is 0. The summed E-state index contributed by atoms with van der Waals surface area (Å²) < 4.78 is 1.37. The van der Waals surface area contributed by atoms with Crippen LogP contribution in [0.15, 0.2) is 78.3 Å². The number of pyridine rings is 1. The summed E-state index contributed by atoms with van der Waals surface area (Å²) in [4.78, 5) is 4.18. The molecule has 0 saturated carbocycles. The molecule has 1 nitrogen and oxygen atoms in total. The number of nitrogens with zero attached hydrogens (tertiary/aromatic N) is 1. The van der Waals surface area contributed by atoms with E-state index in [1.165, 1.54) is 15.5 Å². The van der Waals surface area contributed by atoms with Crippen LogP contribution in [0.4, 0.5) is 0 Å². The summed E-state index contributed by atoms with van der Waals surface area (Å²) in [5.74, 6) is 0. The molecule has 0 fully saturated rings. The van der Waals surface area contributed by atoms with Crippen molar-refractivity contribution in [3.8, 4) is 0 Å². The number of rotatable bonds is 0. The zero-order chi connectivity index (χ0) is 12.9. The van der Waals surface area contributed by atoms with Crippen molar-refractivity contribution >= 4 is 32.3 Å². The van der Waals surface area contributed by atoms with Gasteiger partial charge in [0.1, 0.15) is 0 Å². The summed E-state index contributed by atoms with van der Waals surface area (Å²) in [6, 6.07) is 22.6. The van der Waals surface area contributed by atoms with Gasteiger partial charge in [-0.3, -0.25) is 4.98 Å². The lowest BCUT2D eigenvalue weighted by molar-refractivity contribution is 1.41. The molecule has 0 spiro atoms. The molecule has 0 amide bonds. The van der Waals surface area contributed by atoms with Crippen molar-refractivity contribution in [3.63, 3.8) is 0 Å². The van der Waals surface area contributed by atoms with E-state index in [1.807, 2.05) is 30.5 Å². The van der Waals surface area contributed by atoms with Crippen LogP contribution in [-0.2, 0) is 0 Å². The minimum atomic E-state index is 1.06. The maximum atomic E-state index is 4.18. The molecule has 92 valence electrons. The molecule has 2 aromatic heterocycles. The van der Waals surface area contributed by atoms with Gasteiger partial charge in [0.15, 0.2) is 0 Å². The second-order valence-electron chi connectivity index (χ2n) is 4.15. The fourth-order valence-electron chi connectivity index (χ4n) is 1.92. The van der Waals surface area contributed by atoms with Gasteiger partial charge in [0, 0.05) is 16.3 Å². The maximum absolute atomic E-state index is 4.18. The number of aromatic nitrogens is 1. The fourth-order valence-corrected chi connectivity index (χ4v) is 2.71. The van der Waals surface area contributed by atoms with Crippen LogP contribution in [0.2, 0.25) is 0 Å². The Labute approximate surface area is 116 Å². The van der Waals surface area contributed by atoms with E-state index in [0.29, 0.717) is 0 Å². The molecule has 4 rings (SSSR count). The average molecular weight is 263 g/mol. The Morgan fingerprint density at radius 2 is 1.42 bits per heavy atom. The Bertz CT molecular complexity index is 693. The SMILES string of the molecule is c1ccc2ncccc2c1.c1ccc2sccc2c1. The highest BCUT2D eigenvalue weighted by molar-refractivity contribution is 7.17. The number of thiophene rings is 1. The molecule has 0 saturated heterocycles. The molecule has 19 heavy (non-hydrogen) atoms. The van der Waals surface area contributed by atoms with E-state index in [4.69, 9.17) is 0 Å². The van der Waals surface area contributed by atoms with Crippen LogP contribution in [0.1, 0.15) is 0 Å². The Hall–Kier alpha value is -2.19. The lowest BCUT2D eigenvalue weighted by Gasteiger charge is -1.91. The molecule has 4 aromatic rings. The largest absolute Gasteiger partial charge is 0.256 e. The van der Waals surface area contributed by atoms with Crippen LogP contribution in [0.5, 0.6) is 0 Å². The Morgan fingerprint density at radius 3 is 2.26 bits per heavy atom. The minimum absolute atomic E-state index is 1.06. The van der Waals surface area contributed by atoms with Crippen LogP contribution < -0.4 is 0 Å². The van der Waals surface area contributed by atoms with Crippen molar-refractivity contribution < 1.29 is 0 Å². The first-order valence-corrected chi connectivity index (χ1v) is 7.03. The van der Waals surface area contributed by atoms with E-state index in [-0.39, 0.29) is 0 Å². The molecule has 0 aliphatic rings. The standard InChI is InChI=1S/C9H7N.C8H6S/c1-2-6-9-8(4-1)5-3-7-10-9;1-2-4-8-7(3-1)5-6-9-8/h1-7H;1-6H. The predicted molar refractivity (Wildman–Crippen MR) is 83.6 cm³/mol. The Kier molecular flexibility index (Phi) is 3.52. The molecule has 2 aromatic carbocycles. The molecule has 0 radical (unpaired) electrons. The van der Waals surface area contributed by atoms with Gasteiger partial charge in [0.2, 0.25) is 0 Å². The van der Waals surface area contributed by atoms with Crippen molar-refractivity contribution in [3.05, 3.63) is 78.3 Å². The summed E-state index contributed by atoms with van der Waals surface area (Å²) in [5, 5.41) is 4.66. The minimum Gasteiger partial charge on any atom is -0.256 e. The highest BCUT2D eigenvalue weighted by Crippen LogP contribution is 2.18. The normalized spacial score (nSPS) is 10.1. The highest BCUT2D eigenvalue weighted by atomic mass is 32.1. The van der Waals surface area contributed by atoms with E-state index >= 15 is 0 Å².